The molecule has 2 heterocycles. The summed E-state index contributed by atoms with van der Waals surface area (Å²) in [5, 5.41) is 11.3. The van der Waals surface area contributed by atoms with Crippen molar-refractivity contribution < 1.29 is 9.90 Å². The topological polar surface area (TPSA) is 50.2 Å². The van der Waals surface area contributed by atoms with Crippen LogP contribution in [0.5, 0.6) is 0 Å². The van der Waals surface area contributed by atoms with Gasteiger partial charge in [-0.1, -0.05) is 43.2 Å². The van der Waals surface area contributed by atoms with Crippen molar-refractivity contribution >= 4 is 27.5 Å². The molecule has 3 aromatic rings. The maximum Gasteiger partial charge on any atom is 0.311 e. The van der Waals surface area contributed by atoms with Crippen LogP contribution in [-0.4, -0.2) is 16.1 Å². The molecule has 3 nitrogen and oxygen atoms in total. The number of aliphatic carboxylic acids is 1. The zero-order valence-corrected chi connectivity index (χ0v) is 17.7. The Morgan fingerprint density at radius 3 is 2.75 bits per heavy atom. The maximum absolute atomic E-state index is 12.2. The summed E-state index contributed by atoms with van der Waals surface area (Å²) in [7, 11) is 0. The van der Waals surface area contributed by atoms with Crippen LogP contribution in [-0.2, 0) is 17.6 Å². The van der Waals surface area contributed by atoms with Gasteiger partial charge in [-0.05, 0) is 68.2 Å². The predicted molar refractivity (Wildman–Crippen MR) is 116 cm³/mol. The quantitative estimate of drug-likeness (QED) is 0.543. The molecule has 0 aliphatic heterocycles. The number of carboxylic acid groups (broad SMARTS) is 1. The molecule has 0 fully saturated rings. The Labute approximate surface area is 170 Å². The Morgan fingerprint density at radius 1 is 1.25 bits per heavy atom. The maximum atomic E-state index is 12.2. The molecule has 0 amide bonds. The molecule has 1 aliphatic rings. The summed E-state index contributed by atoms with van der Waals surface area (Å²) >= 11 is 1.81. The van der Waals surface area contributed by atoms with Crippen LogP contribution >= 0.6 is 11.3 Å². The van der Waals surface area contributed by atoms with Crippen molar-refractivity contribution in [3.63, 3.8) is 0 Å². The van der Waals surface area contributed by atoms with Gasteiger partial charge in [0.15, 0.2) is 0 Å². The molecule has 0 saturated carbocycles. The first-order valence-electron chi connectivity index (χ1n) is 10.3. The normalized spacial score (nSPS) is 14.8. The van der Waals surface area contributed by atoms with E-state index in [1.807, 2.05) is 18.3 Å². The highest BCUT2D eigenvalue weighted by Crippen LogP contribution is 2.45. The third-order valence-corrected chi connectivity index (χ3v) is 7.05. The fourth-order valence-corrected chi connectivity index (χ4v) is 5.94. The second-order valence-corrected chi connectivity index (χ2v) is 9.01. The Kier molecular flexibility index (Phi) is 5.24. The van der Waals surface area contributed by atoms with Crippen LogP contribution in [0.3, 0.4) is 0 Å². The highest BCUT2D eigenvalue weighted by atomic mass is 32.1. The van der Waals surface area contributed by atoms with Gasteiger partial charge in [0.1, 0.15) is 4.83 Å². The lowest BCUT2D eigenvalue weighted by molar-refractivity contribution is -0.139. The Hall–Kier alpha value is -2.20. The van der Waals surface area contributed by atoms with E-state index in [2.05, 4.69) is 38.1 Å². The molecule has 1 atom stereocenters. The minimum absolute atomic E-state index is 0.517. The molecule has 4 rings (SSSR count). The summed E-state index contributed by atoms with van der Waals surface area (Å²) in [5.74, 6) is -1.26. The summed E-state index contributed by atoms with van der Waals surface area (Å²) in [6.45, 7) is 6.13. The number of benzene rings is 1. The van der Waals surface area contributed by atoms with Crippen LogP contribution < -0.4 is 0 Å². The fourth-order valence-electron chi connectivity index (χ4n) is 4.62. The smallest absolute Gasteiger partial charge is 0.311 e. The van der Waals surface area contributed by atoms with E-state index in [4.69, 9.17) is 4.98 Å². The summed E-state index contributed by atoms with van der Waals surface area (Å²) in [6.07, 6.45) is 6.10. The van der Waals surface area contributed by atoms with Gasteiger partial charge >= 0.3 is 5.97 Å². The Bertz CT molecular complexity index is 1050. The lowest BCUT2D eigenvalue weighted by Crippen LogP contribution is -2.15. The van der Waals surface area contributed by atoms with E-state index in [9.17, 15) is 9.90 Å². The molecule has 1 unspecified atom stereocenters. The monoisotopic (exact) mass is 393 g/mol. The summed E-state index contributed by atoms with van der Waals surface area (Å²) in [5.41, 5.74) is 6.63. The minimum Gasteiger partial charge on any atom is -0.481 e. The van der Waals surface area contributed by atoms with Crippen LogP contribution in [0.1, 0.15) is 65.8 Å². The first-order chi connectivity index (χ1) is 13.5. The van der Waals surface area contributed by atoms with E-state index in [0.29, 0.717) is 6.42 Å². The number of pyridine rings is 1. The van der Waals surface area contributed by atoms with Gasteiger partial charge < -0.3 is 5.11 Å². The van der Waals surface area contributed by atoms with E-state index in [0.717, 1.165) is 46.5 Å². The number of aromatic nitrogens is 1. The highest BCUT2D eigenvalue weighted by Gasteiger charge is 2.30. The third-order valence-electron chi connectivity index (χ3n) is 5.86. The molecule has 0 saturated heterocycles. The molecule has 0 radical (unpaired) electrons. The van der Waals surface area contributed by atoms with Crippen molar-refractivity contribution in [3.8, 4) is 11.1 Å². The van der Waals surface area contributed by atoms with Gasteiger partial charge in [0.25, 0.3) is 0 Å². The van der Waals surface area contributed by atoms with Gasteiger partial charge in [-0.25, -0.2) is 4.98 Å². The van der Waals surface area contributed by atoms with Crippen LogP contribution in [0.2, 0.25) is 0 Å². The zero-order valence-electron chi connectivity index (χ0n) is 16.8. The molecule has 1 N–H and O–H groups in total. The van der Waals surface area contributed by atoms with E-state index < -0.39 is 11.9 Å². The van der Waals surface area contributed by atoms with Gasteiger partial charge in [0.2, 0.25) is 0 Å². The van der Waals surface area contributed by atoms with Crippen molar-refractivity contribution in [2.75, 3.05) is 0 Å². The Morgan fingerprint density at radius 2 is 2.04 bits per heavy atom. The number of aryl methyl sites for hydroxylation is 4. The number of hydrogen-bond acceptors (Lipinski definition) is 3. The number of nitrogens with zero attached hydrogens (tertiary/aromatic N) is 1. The average molecular weight is 394 g/mol. The van der Waals surface area contributed by atoms with E-state index in [1.165, 1.54) is 34.2 Å². The van der Waals surface area contributed by atoms with Crippen LogP contribution in [0.25, 0.3) is 21.3 Å². The molecule has 1 aliphatic carbocycles. The fraction of sp³-hybridized carbons (Fsp3) is 0.417. The molecular formula is C24H27NO2S. The number of rotatable bonds is 5. The molecule has 0 bridgehead atoms. The van der Waals surface area contributed by atoms with Crippen LogP contribution in [0.15, 0.2) is 24.3 Å². The number of carbonyl (C=O) groups is 1. The van der Waals surface area contributed by atoms with Gasteiger partial charge in [-0.2, -0.15) is 0 Å². The van der Waals surface area contributed by atoms with Crippen molar-refractivity contribution in [3.05, 3.63) is 51.5 Å². The van der Waals surface area contributed by atoms with Crippen molar-refractivity contribution in [2.45, 2.75) is 65.2 Å². The zero-order chi connectivity index (χ0) is 19.8. The van der Waals surface area contributed by atoms with Crippen molar-refractivity contribution in [2.24, 2.45) is 0 Å². The Balaban J connectivity index is 2.11. The van der Waals surface area contributed by atoms with Gasteiger partial charge in [0, 0.05) is 16.0 Å². The van der Waals surface area contributed by atoms with E-state index in [-0.39, 0.29) is 0 Å². The van der Waals surface area contributed by atoms with Crippen molar-refractivity contribution in [1.29, 1.82) is 0 Å². The lowest BCUT2D eigenvalue weighted by atomic mass is 9.83. The molecule has 2 aromatic heterocycles. The van der Waals surface area contributed by atoms with Crippen LogP contribution in [0.4, 0.5) is 0 Å². The molecular weight excluding hydrogens is 366 g/mol. The third kappa shape index (κ3) is 3.24. The first kappa shape index (κ1) is 19.1. The highest BCUT2D eigenvalue weighted by molar-refractivity contribution is 7.19. The van der Waals surface area contributed by atoms with E-state index >= 15 is 0 Å². The summed E-state index contributed by atoms with van der Waals surface area (Å²) < 4.78 is 0. The number of hydrogen-bond donors (Lipinski definition) is 1. The first-order valence-corrected chi connectivity index (χ1v) is 11.1. The van der Waals surface area contributed by atoms with Crippen LogP contribution in [0, 0.1) is 13.8 Å². The van der Waals surface area contributed by atoms with Crippen molar-refractivity contribution in [1.82, 2.24) is 4.98 Å². The SMILES string of the molecule is CCCC(C(=O)O)c1c(C)nc2sc3c(c2c1-c1cccc(C)c1)CCCC3. The second kappa shape index (κ2) is 7.67. The lowest BCUT2D eigenvalue weighted by Gasteiger charge is -2.21. The molecule has 28 heavy (non-hydrogen) atoms. The summed E-state index contributed by atoms with van der Waals surface area (Å²) in [6, 6.07) is 8.49. The summed E-state index contributed by atoms with van der Waals surface area (Å²) in [4.78, 5) is 19.7. The molecule has 4 heteroatoms. The second-order valence-electron chi connectivity index (χ2n) is 7.93. The number of carboxylic acids is 1. The molecule has 146 valence electrons. The molecule has 0 spiro atoms. The standard InChI is InChI=1S/C24H27NO2S/c1-4-8-18(24(26)27)20-15(3)25-23-22(17-11-5-6-12-19(17)28-23)21(20)16-10-7-9-14(2)13-16/h7,9-10,13,18H,4-6,8,11-12H2,1-3H3,(H,26,27). The van der Waals surface area contributed by atoms with Gasteiger partial charge in [0.05, 0.1) is 5.92 Å². The average Bonchev–Trinajstić information content (AvgIpc) is 3.03. The van der Waals surface area contributed by atoms with Gasteiger partial charge in [-0.15, -0.1) is 11.3 Å². The van der Waals surface area contributed by atoms with Gasteiger partial charge in [-0.3, -0.25) is 4.79 Å². The number of fused-ring (bicyclic) bond motifs is 3. The molecule has 1 aromatic carbocycles. The van der Waals surface area contributed by atoms with E-state index in [1.54, 1.807) is 0 Å². The largest absolute Gasteiger partial charge is 0.481 e. The minimum atomic E-state index is -0.746. The number of thiophene rings is 1. The predicted octanol–water partition coefficient (Wildman–Crippen LogP) is 6.43.